The van der Waals surface area contributed by atoms with Gasteiger partial charge in [0.2, 0.25) is 0 Å². The first-order valence-electron chi connectivity index (χ1n) is 5.09. The topological polar surface area (TPSA) is 77.5 Å². The molecule has 0 saturated carbocycles. The van der Waals surface area contributed by atoms with Crippen LogP contribution < -0.4 is 0 Å². The van der Waals surface area contributed by atoms with Gasteiger partial charge in [-0.15, -0.1) is 11.3 Å². The number of rotatable bonds is 4. The van der Waals surface area contributed by atoms with Crippen LogP contribution in [0.2, 0.25) is 0 Å². The minimum atomic E-state index is -4.36. The molecule has 0 aromatic carbocycles. The zero-order chi connectivity index (χ0) is 14.0. The molecule has 2 heterocycles. The molecular weight excluding hydrogens is 326 g/mol. The first-order chi connectivity index (χ1) is 8.87. The average molecular weight is 334 g/mol. The van der Waals surface area contributed by atoms with Crippen LogP contribution in [0.1, 0.15) is 4.88 Å². The molecule has 1 aliphatic heterocycles. The predicted octanol–water partition coefficient (Wildman–Crippen LogP) is 1.49. The fourth-order valence-electron chi connectivity index (χ4n) is 1.40. The van der Waals surface area contributed by atoms with Crippen molar-refractivity contribution in [1.82, 2.24) is 4.90 Å². The van der Waals surface area contributed by atoms with E-state index in [1.807, 2.05) is 17.5 Å². The molecule has 0 N–H and O–H groups in total. The molecule has 9 heteroatoms. The molecule has 1 aromatic rings. The minimum Gasteiger partial charge on any atom is -0.748 e. The summed E-state index contributed by atoms with van der Waals surface area (Å²) in [6.07, 6.45) is 1.70. The highest BCUT2D eigenvalue weighted by Gasteiger charge is 2.31. The van der Waals surface area contributed by atoms with E-state index in [0.717, 1.165) is 21.5 Å². The smallest absolute Gasteiger partial charge is 0.266 e. The third kappa shape index (κ3) is 3.86. The van der Waals surface area contributed by atoms with Gasteiger partial charge in [-0.1, -0.05) is 30.0 Å². The number of hydrogen-bond acceptors (Lipinski definition) is 7. The highest BCUT2D eigenvalue weighted by Crippen LogP contribution is 2.33. The van der Waals surface area contributed by atoms with Gasteiger partial charge < -0.3 is 4.55 Å². The summed E-state index contributed by atoms with van der Waals surface area (Å²) in [5, 5.41) is 1.89. The minimum absolute atomic E-state index is 0.196. The van der Waals surface area contributed by atoms with Crippen molar-refractivity contribution in [2.24, 2.45) is 0 Å². The number of thiophene rings is 1. The number of thiocarbonyl (C=S) groups is 1. The van der Waals surface area contributed by atoms with E-state index in [4.69, 9.17) is 12.2 Å². The van der Waals surface area contributed by atoms with Crippen molar-refractivity contribution >= 4 is 61.7 Å². The first kappa shape index (κ1) is 14.7. The van der Waals surface area contributed by atoms with Gasteiger partial charge in [0.1, 0.15) is 4.32 Å². The van der Waals surface area contributed by atoms with E-state index in [2.05, 4.69) is 0 Å². The van der Waals surface area contributed by atoms with E-state index in [1.54, 1.807) is 6.08 Å². The Kier molecular flexibility index (Phi) is 4.41. The molecular formula is C10H8NO4S4-. The lowest BCUT2D eigenvalue weighted by molar-refractivity contribution is -0.121. The van der Waals surface area contributed by atoms with Crippen molar-refractivity contribution in [3.05, 3.63) is 27.3 Å². The number of carbonyl (C=O) groups is 1. The number of thioether (sulfide) groups is 1. The second kappa shape index (κ2) is 5.71. The van der Waals surface area contributed by atoms with Gasteiger partial charge in [0.25, 0.3) is 5.91 Å². The largest absolute Gasteiger partial charge is 0.748 e. The Balaban J connectivity index is 2.13. The van der Waals surface area contributed by atoms with Gasteiger partial charge in [0, 0.05) is 11.4 Å². The maximum Gasteiger partial charge on any atom is 0.266 e. The molecule has 0 bridgehead atoms. The number of amides is 1. The summed E-state index contributed by atoms with van der Waals surface area (Å²) in [7, 11) is -4.36. The van der Waals surface area contributed by atoms with Gasteiger partial charge in [0.15, 0.2) is 0 Å². The van der Waals surface area contributed by atoms with E-state index < -0.39 is 15.9 Å². The quantitative estimate of drug-likeness (QED) is 0.472. The Morgan fingerprint density at radius 2 is 2.21 bits per heavy atom. The van der Waals surface area contributed by atoms with Gasteiger partial charge in [-0.05, 0) is 17.5 Å². The lowest BCUT2D eigenvalue weighted by Crippen LogP contribution is -2.32. The van der Waals surface area contributed by atoms with Crippen molar-refractivity contribution in [3.8, 4) is 0 Å². The Labute approximate surface area is 124 Å². The third-order valence-corrected chi connectivity index (χ3v) is 5.13. The van der Waals surface area contributed by atoms with Crippen LogP contribution in [-0.4, -0.2) is 40.4 Å². The maximum absolute atomic E-state index is 12.0. The molecule has 102 valence electrons. The fourth-order valence-corrected chi connectivity index (χ4v) is 3.84. The van der Waals surface area contributed by atoms with Crippen LogP contribution in [0, 0.1) is 0 Å². The molecule has 0 unspecified atom stereocenters. The van der Waals surface area contributed by atoms with Gasteiger partial charge in [0.05, 0.1) is 20.8 Å². The molecule has 0 aliphatic carbocycles. The summed E-state index contributed by atoms with van der Waals surface area (Å²) < 4.78 is 32.0. The van der Waals surface area contributed by atoms with E-state index >= 15 is 0 Å². The van der Waals surface area contributed by atoms with Crippen LogP contribution in [0.4, 0.5) is 0 Å². The Hall–Kier alpha value is -0.740. The van der Waals surface area contributed by atoms with Crippen molar-refractivity contribution in [2.45, 2.75) is 0 Å². The van der Waals surface area contributed by atoms with Gasteiger partial charge in [-0.2, -0.15) is 0 Å². The van der Waals surface area contributed by atoms with Crippen LogP contribution in [0.3, 0.4) is 0 Å². The van der Waals surface area contributed by atoms with Gasteiger partial charge in [-0.25, -0.2) is 8.42 Å². The molecule has 0 radical (unpaired) electrons. The molecule has 19 heavy (non-hydrogen) atoms. The van der Waals surface area contributed by atoms with E-state index in [0.29, 0.717) is 4.91 Å². The van der Waals surface area contributed by atoms with Crippen LogP contribution in [0.5, 0.6) is 0 Å². The van der Waals surface area contributed by atoms with E-state index in [1.165, 1.54) is 11.3 Å². The van der Waals surface area contributed by atoms with Gasteiger partial charge >= 0.3 is 0 Å². The van der Waals surface area contributed by atoms with Crippen molar-refractivity contribution in [1.29, 1.82) is 0 Å². The maximum atomic E-state index is 12.0. The molecule has 0 atom stereocenters. The lowest BCUT2D eigenvalue weighted by atomic mass is 10.4. The normalized spacial score (nSPS) is 18.6. The Bertz CT molecular complexity index is 632. The van der Waals surface area contributed by atoms with Crippen molar-refractivity contribution in [2.75, 3.05) is 12.3 Å². The van der Waals surface area contributed by atoms with Crippen molar-refractivity contribution in [3.63, 3.8) is 0 Å². The highest BCUT2D eigenvalue weighted by atomic mass is 32.2. The molecule has 1 fully saturated rings. The monoisotopic (exact) mass is 334 g/mol. The molecule has 1 aromatic heterocycles. The Morgan fingerprint density at radius 1 is 1.47 bits per heavy atom. The molecule has 0 spiro atoms. The van der Waals surface area contributed by atoms with E-state index in [9.17, 15) is 17.8 Å². The van der Waals surface area contributed by atoms with Crippen LogP contribution in [0.15, 0.2) is 22.4 Å². The summed E-state index contributed by atoms with van der Waals surface area (Å²) >= 11 is 7.60. The molecule has 1 amide bonds. The summed E-state index contributed by atoms with van der Waals surface area (Å²) in [5.74, 6) is -0.988. The Morgan fingerprint density at radius 3 is 2.79 bits per heavy atom. The molecule has 1 saturated heterocycles. The average Bonchev–Trinajstić information content (AvgIpc) is 2.87. The summed E-state index contributed by atoms with van der Waals surface area (Å²) in [4.78, 5) is 14.5. The van der Waals surface area contributed by atoms with Crippen LogP contribution in [-0.2, 0) is 14.9 Å². The first-order valence-corrected chi connectivity index (χ1v) is 8.77. The molecule has 5 nitrogen and oxygen atoms in total. The number of carbonyl (C=O) groups excluding carboxylic acids is 1. The van der Waals surface area contributed by atoms with Crippen LogP contribution in [0.25, 0.3) is 6.08 Å². The molecule has 1 aliphatic rings. The number of hydrogen-bond donors (Lipinski definition) is 0. The predicted molar refractivity (Wildman–Crippen MR) is 78.8 cm³/mol. The lowest BCUT2D eigenvalue weighted by Gasteiger charge is -2.15. The second-order valence-corrected chi connectivity index (χ2v) is 7.79. The fraction of sp³-hybridized carbons (Fsp3) is 0.200. The summed E-state index contributed by atoms with van der Waals surface area (Å²) in [5.41, 5.74) is 0. The standard InChI is InChI=1S/C10H9NO4S4/c12-9-8(6-7-2-1-4-17-7)18-10(16)11(9)3-5-19(13,14)15/h1-2,4,6H,3,5H2,(H,13,14,15)/p-1/b8-6+. The second-order valence-electron chi connectivity index (χ2n) is 3.61. The SMILES string of the molecule is O=C1/C(=C\c2cccs2)SC(=S)N1CCS(=O)(=O)[O-]. The molecule has 2 rings (SSSR count). The van der Waals surface area contributed by atoms with Crippen molar-refractivity contribution < 1.29 is 17.8 Å². The number of nitrogens with zero attached hydrogens (tertiary/aromatic N) is 1. The summed E-state index contributed by atoms with van der Waals surface area (Å²) in [6, 6.07) is 3.72. The third-order valence-electron chi connectivity index (χ3n) is 2.26. The van der Waals surface area contributed by atoms with Gasteiger partial charge in [-0.3, -0.25) is 9.69 Å². The summed E-state index contributed by atoms with van der Waals surface area (Å²) in [6.45, 7) is -0.196. The highest BCUT2D eigenvalue weighted by molar-refractivity contribution is 8.26. The van der Waals surface area contributed by atoms with Crippen LogP contribution >= 0.6 is 35.3 Å². The zero-order valence-corrected chi connectivity index (χ0v) is 12.7. The van der Waals surface area contributed by atoms with E-state index in [-0.39, 0.29) is 16.8 Å². The zero-order valence-electron chi connectivity index (χ0n) is 9.44.